The molecule has 0 saturated carbocycles. The summed E-state index contributed by atoms with van der Waals surface area (Å²) in [5, 5.41) is 6.87. The number of morpholine rings is 1. The van der Waals surface area contributed by atoms with Crippen molar-refractivity contribution in [3.8, 4) is 0 Å². The Labute approximate surface area is 146 Å². The molecule has 0 spiro atoms. The van der Waals surface area contributed by atoms with Crippen molar-refractivity contribution < 1.29 is 4.74 Å². The van der Waals surface area contributed by atoms with E-state index in [-0.39, 0.29) is 5.41 Å². The van der Waals surface area contributed by atoms with Crippen molar-refractivity contribution in [2.75, 3.05) is 53.0 Å². The molecule has 1 heterocycles. The maximum absolute atomic E-state index is 5.38. The summed E-state index contributed by atoms with van der Waals surface area (Å²) in [7, 11) is 1.82. The van der Waals surface area contributed by atoms with E-state index in [2.05, 4.69) is 65.6 Å². The van der Waals surface area contributed by atoms with Crippen LogP contribution in [0.2, 0.25) is 0 Å². The first-order chi connectivity index (χ1) is 11.5. The highest BCUT2D eigenvalue weighted by Crippen LogP contribution is 2.22. The standard InChI is InChI=1S/C19H32N4O/c1-16-6-5-7-17(14-16)19(2,3)15-22-18(20-4)21-8-9-23-10-12-24-13-11-23/h5-7,14H,8-13,15H2,1-4H3,(H2,20,21,22). The summed E-state index contributed by atoms with van der Waals surface area (Å²) in [6.07, 6.45) is 0. The highest BCUT2D eigenvalue weighted by molar-refractivity contribution is 5.79. The number of nitrogens with zero attached hydrogens (tertiary/aromatic N) is 2. The van der Waals surface area contributed by atoms with E-state index >= 15 is 0 Å². The number of nitrogens with one attached hydrogen (secondary N) is 2. The van der Waals surface area contributed by atoms with Gasteiger partial charge in [0.25, 0.3) is 0 Å². The van der Waals surface area contributed by atoms with Crippen LogP contribution in [-0.4, -0.2) is 63.8 Å². The van der Waals surface area contributed by atoms with Crippen LogP contribution in [0.4, 0.5) is 0 Å². The van der Waals surface area contributed by atoms with E-state index in [9.17, 15) is 0 Å². The normalized spacial score (nSPS) is 16.9. The van der Waals surface area contributed by atoms with Crippen LogP contribution in [0.5, 0.6) is 0 Å². The summed E-state index contributed by atoms with van der Waals surface area (Å²) in [6.45, 7) is 13.1. The topological polar surface area (TPSA) is 48.9 Å². The Morgan fingerprint density at radius 3 is 2.67 bits per heavy atom. The van der Waals surface area contributed by atoms with Gasteiger partial charge >= 0.3 is 0 Å². The number of benzene rings is 1. The Morgan fingerprint density at radius 2 is 2.00 bits per heavy atom. The molecule has 5 nitrogen and oxygen atoms in total. The molecule has 1 fully saturated rings. The average molecular weight is 332 g/mol. The van der Waals surface area contributed by atoms with E-state index in [1.165, 1.54) is 11.1 Å². The molecule has 1 aromatic rings. The highest BCUT2D eigenvalue weighted by atomic mass is 16.5. The molecule has 5 heteroatoms. The smallest absolute Gasteiger partial charge is 0.191 e. The molecular weight excluding hydrogens is 300 g/mol. The van der Waals surface area contributed by atoms with E-state index in [1.54, 1.807) is 0 Å². The Balaban J connectivity index is 1.77. The van der Waals surface area contributed by atoms with Gasteiger partial charge in [-0.15, -0.1) is 0 Å². The molecule has 0 atom stereocenters. The molecule has 0 aromatic heterocycles. The first-order valence-electron chi connectivity index (χ1n) is 8.83. The van der Waals surface area contributed by atoms with Crippen LogP contribution in [0.1, 0.15) is 25.0 Å². The lowest BCUT2D eigenvalue weighted by molar-refractivity contribution is 0.0389. The molecule has 1 aliphatic heterocycles. The first-order valence-corrected chi connectivity index (χ1v) is 8.83. The van der Waals surface area contributed by atoms with Crippen molar-refractivity contribution in [1.29, 1.82) is 0 Å². The molecule has 2 rings (SSSR count). The largest absolute Gasteiger partial charge is 0.379 e. The molecule has 24 heavy (non-hydrogen) atoms. The lowest BCUT2D eigenvalue weighted by Crippen LogP contribution is -2.46. The zero-order valence-electron chi connectivity index (χ0n) is 15.6. The van der Waals surface area contributed by atoms with Crippen molar-refractivity contribution in [3.05, 3.63) is 35.4 Å². The SMILES string of the molecule is CN=C(NCCN1CCOCC1)NCC(C)(C)c1cccc(C)c1. The monoisotopic (exact) mass is 332 g/mol. The van der Waals surface area contributed by atoms with Crippen LogP contribution in [0.25, 0.3) is 0 Å². The van der Waals surface area contributed by atoms with Gasteiger partial charge < -0.3 is 15.4 Å². The predicted molar refractivity (Wildman–Crippen MR) is 101 cm³/mol. The Bertz CT molecular complexity index is 536. The Kier molecular flexibility index (Phi) is 7.06. The summed E-state index contributed by atoms with van der Waals surface area (Å²) >= 11 is 0. The van der Waals surface area contributed by atoms with Crippen molar-refractivity contribution >= 4 is 5.96 Å². The predicted octanol–water partition coefficient (Wildman–Crippen LogP) is 1.77. The van der Waals surface area contributed by atoms with Crippen LogP contribution in [0.15, 0.2) is 29.3 Å². The quantitative estimate of drug-likeness (QED) is 0.616. The molecule has 1 saturated heterocycles. The van der Waals surface area contributed by atoms with E-state index in [0.29, 0.717) is 0 Å². The first kappa shape index (κ1) is 18.7. The van der Waals surface area contributed by atoms with Crippen molar-refractivity contribution in [2.24, 2.45) is 4.99 Å². The van der Waals surface area contributed by atoms with Gasteiger partial charge in [-0.1, -0.05) is 43.7 Å². The number of hydrogen-bond donors (Lipinski definition) is 2. The number of rotatable bonds is 6. The van der Waals surface area contributed by atoms with Crippen LogP contribution in [0, 0.1) is 6.92 Å². The van der Waals surface area contributed by atoms with Gasteiger partial charge in [0.1, 0.15) is 0 Å². The zero-order chi connectivity index (χ0) is 17.4. The molecule has 1 aliphatic rings. The number of aryl methyl sites for hydroxylation is 1. The van der Waals surface area contributed by atoms with Gasteiger partial charge in [0.15, 0.2) is 5.96 Å². The van der Waals surface area contributed by atoms with Gasteiger partial charge in [-0.05, 0) is 12.5 Å². The number of guanidine groups is 1. The third-order valence-corrected chi connectivity index (χ3v) is 4.55. The van der Waals surface area contributed by atoms with Crippen LogP contribution < -0.4 is 10.6 Å². The summed E-state index contributed by atoms with van der Waals surface area (Å²) in [5.74, 6) is 0.865. The minimum atomic E-state index is 0.0495. The third kappa shape index (κ3) is 5.80. The lowest BCUT2D eigenvalue weighted by Gasteiger charge is -2.28. The molecule has 0 bridgehead atoms. The van der Waals surface area contributed by atoms with E-state index in [1.807, 2.05) is 7.05 Å². The van der Waals surface area contributed by atoms with Gasteiger partial charge in [-0.25, -0.2) is 0 Å². The van der Waals surface area contributed by atoms with Crippen LogP contribution in [0.3, 0.4) is 0 Å². The van der Waals surface area contributed by atoms with Crippen molar-refractivity contribution in [1.82, 2.24) is 15.5 Å². The minimum absolute atomic E-state index is 0.0495. The maximum Gasteiger partial charge on any atom is 0.191 e. The number of ether oxygens (including phenoxy) is 1. The van der Waals surface area contributed by atoms with Crippen LogP contribution in [-0.2, 0) is 10.2 Å². The van der Waals surface area contributed by atoms with Gasteiger partial charge in [0.2, 0.25) is 0 Å². The van der Waals surface area contributed by atoms with Gasteiger partial charge in [0.05, 0.1) is 13.2 Å². The zero-order valence-corrected chi connectivity index (χ0v) is 15.6. The lowest BCUT2D eigenvalue weighted by atomic mass is 9.84. The fourth-order valence-electron chi connectivity index (χ4n) is 2.85. The van der Waals surface area contributed by atoms with Crippen molar-refractivity contribution in [3.63, 3.8) is 0 Å². The van der Waals surface area contributed by atoms with Crippen LogP contribution >= 0.6 is 0 Å². The van der Waals surface area contributed by atoms with Gasteiger partial charge in [-0.3, -0.25) is 9.89 Å². The summed E-state index contributed by atoms with van der Waals surface area (Å²) in [4.78, 5) is 6.75. The van der Waals surface area contributed by atoms with Gasteiger partial charge in [0, 0.05) is 45.2 Å². The second-order valence-corrected chi connectivity index (χ2v) is 7.06. The molecule has 2 N–H and O–H groups in total. The molecule has 0 radical (unpaired) electrons. The second kappa shape index (κ2) is 9.04. The minimum Gasteiger partial charge on any atom is -0.379 e. The summed E-state index contributed by atoms with van der Waals surface area (Å²) in [5.41, 5.74) is 2.70. The fraction of sp³-hybridized carbons (Fsp3) is 0.632. The number of hydrogen-bond acceptors (Lipinski definition) is 3. The highest BCUT2D eigenvalue weighted by Gasteiger charge is 2.21. The Hall–Kier alpha value is -1.59. The van der Waals surface area contributed by atoms with E-state index in [0.717, 1.165) is 51.9 Å². The molecule has 134 valence electrons. The molecular formula is C19H32N4O. The average Bonchev–Trinajstić information content (AvgIpc) is 2.59. The molecule has 0 amide bonds. The molecule has 1 aromatic carbocycles. The maximum atomic E-state index is 5.38. The summed E-state index contributed by atoms with van der Waals surface area (Å²) in [6, 6.07) is 8.72. The second-order valence-electron chi connectivity index (χ2n) is 7.06. The van der Waals surface area contributed by atoms with Crippen molar-refractivity contribution in [2.45, 2.75) is 26.2 Å². The Morgan fingerprint density at radius 1 is 1.25 bits per heavy atom. The fourth-order valence-corrected chi connectivity index (χ4v) is 2.85. The van der Waals surface area contributed by atoms with E-state index in [4.69, 9.17) is 4.74 Å². The number of aliphatic imine (C=N–C) groups is 1. The molecule has 0 unspecified atom stereocenters. The summed E-state index contributed by atoms with van der Waals surface area (Å²) < 4.78 is 5.38. The van der Waals surface area contributed by atoms with Gasteiger partial charge in [-0.2, -0.15) is 0 Å². The van der Waals surface area contributed by atoms with E-state index < -0.39 is 0 Å². The molecule has 0 aliphatic carbocycles. The third-order valence-electron chi connectivity index (χ3n) is 4.55.